The van der Waals surface area contributed by atoms with E-state index in [0.717, 1.165) is 38.3 Å². The average Bonchev–Trinajstić information content (AvgIpc) is 2.96. The molecule has 1 atom stereocenters. The van der Waals surface area contributed by atoms with E-state index < -0.39 is 0 Å². The molecule has 0 bridgehead atoms. The van der Waals surface area contributed by atoms with Crippen molar-refractivity contribution in [2.75, 3.05) is 13.2 Å². The Morgan fingerprint density at radius 2 is 2.41 bits per heavy atom. The molecule has 0 spiro atoms. The van der Waals surface area contributed by atoms with Gasteiger partial charge in [-0.05, 0) is 39.2 Å². The van der Waals surface area contributed by atoms with Crippen molar-refractivity contribution < 1.29 is 5.11 Å². The largest absolute Gasteiger partial charge is 0.396 e. The summed E-state index contributed by atoms with van der Waals surface area (Å²) in [6, 6.07) is 0.615. The first-order valence-electron chi connectivity index (χ1n) is 6.56. The van der Waals surface area contributed by atoms with Crippen LogP contribution in [0.2, 0.25) is 0 Å². The molecule has 2 heterocycles. The van der Waals surface area contributed by atoms with Gasteiger partial charge in [-0.15, -0.1) is 0 Å². The molecule has 5 heteroatoms. The Morgan fingerprint density at radius 3 is 3.18 bits per heavy atom. The number of aliphatic hydroxyl groups excluding tert-OH is 1. The summed E-state index contributed by atoms with van der Waals surface area (Å²) in [6.07, 6.45) is 6.15. The number of nitrogens with zero attached hydrogens (tertiary/aromatic N) is 4. The Kier molecular flexibility index (Phi) is 4.50. The third-order valence-corrected chi connectivity index (χ3v) is 3.53. The molecule has 1 N–H and O–H groups in total. The molecule has 1 fully saturated rings. The first-order chi connectivity index (χ1) is 8.35. The van der Waals surface area contributed by atoms with Crippen molar-refractivity contribution in [1.82, 2.24) is 19.7 Å². The van der Waals surface area contributed by atoms with Crippen molar-refractivity contribution >= 4 is 0 Å². The molecular formula is C12H22N4O. The van der Waals surface area contributed by atoms with E-state index >= 15 is 0 Å². The van der Waals surface area contributed by atoms with Gasteiger partial charge in [0.1, 0.15) is 12.2 Å². The molecule has 17 heavy (non-hydrogen) atoms. The quantitative estimate of drug-likeness (QED) is 0.804. The van der Waals surface area contributed by atoms with Gasteiger partial charge in [0.05, 0.1) is 6.54 Å². The van der Waals surface area contributed by atoms with Crippen molar-refractivity contribution in [3.63, 3.8) is 0 Å². The van der Waals surface area contributed by atoms with Gasteiger partial charge in [0.25, 0.3) is 0 Å². The fraction of sp³-hybridized carbons (Fsp3) is 0.833. The molecule has 2 rings (SSSR count). The molecule has 0 saturated carbocycles. The second-order valence-electron chi connectivity index (χ2n) is 4.62. The van der Waals surface area contributed by atoms with E-state index in [0.29, 0.717) is 12.6 Å². The first-order valence-corrected chi connectivity index (χ1v) is 6.56. The van der Waals surface area contributed by atoms with Gasteiger partial charge in [0, 0.05) is 19.2 Å². The Morgan fingerprint density at radius 1 is 1.53 bits per heavy atom. The molecule has 96 valence electrons. The van der Waals surface area contributed by atoms with Crippen LogP contribution in [0.4, 0.5) is 0 Å². The Bertz CT molecular complexity index is 339. The van der Waals surface area contributed by atoms with Crippen molar-refractivity contribution in [3.8, 4) is 0 Å². The van der Waals surface area contributed by atoms with Gasteiger partial charge in [0.15, 0.2) is 0 Å². The van der Waals surface area contributed by atoms with Gasteiger partial charge in [-0.1, -0.05) is 0 Å². The SMILES string of the molecule is CCn1ncnc1CN1CCCC1CCCO. The zero-order chi connectivity index (χ0) is 12.1. The zero-order valence-corrected chi connectivity index (χ0v) is 10.5. The maximum atomic E-state index is 8.91. The molecule has 1 unspecified atom stereocenters. The lowest BCUT2D eigenvalue weighted by atomic mass is 10.1. The topological polar surface area (TPSA) is 54.2 Å². The smallest absolute Gasteiger partial charge is 0.141 e. The van der Waals surface area contributed by atoms with Crippen LogP contribution in [0, 0.1) is 0 Å². The van der Waals surface area contributed by atoms with Crippen LogP contribution in [0.25, 0.3) is 0 Å². The summed E-state index contributed by atoms with van der Waals surface area (Å²) in [5.41, 5.74) is 0. The van der Waals surface area contributed by atoms with Gasteiger partial charge < -0.3 is 5.11 Å². The molecule has 5 nitrogen and oxygen atoms in total. The Labute approximate surface area is 102 Å². The molecule has 1 aliphatic rings. The number of hydrogen-bond donors (Lipinski definition) is 1. The number of rotatable bonds is 6. The van der Waals surface area contributed by atoms with E-state index in [1.54, 1.807) is 6.33 Å². The fourth-order valence-corrected chi connectivity index (χ4v) is 2.61. The van der Waals surface area contributed by atoms with E-state index in [1.807, 2.05) is 4.68 Å². The van der Waals surface area contributed by atoms with Crippen LogP contribution < -0.4 is 0 Å². The highest BCUT2D eigenvalue weighted by Crippen LogP contribution is 2.22. The van der Waals surface area contributed by atoms with E-state index in [4.69, 9.17) is 5.11 Å². The van der Waals surface area contributed by atoms with Crippen molar-refractivity contribution in [2.45, 2.75) is 51.7 Å². The van der Waals surface area contributed by atoms with Crippen LogP contribution in [-0.4, -0.2) is 44.0 Å². The van der Waals surface area contributed by atoms with Gasteiger partial charge in [-0.3, -0.25) is 4.90 Å². The van der Waals surface area contributed by atoms with Crippen LogP contribution in [-0.2, 0) is 13.1 Å². The maximum Gasteiger partial charge on any atom is 0.141 e. The van der Waals surface area contributed by atoms with Crippen molar-refractivity contribution in [1.29, 1.82) is 0 Å². The predicted molar refractivity (Wildman–Crippen MR) is 65.4 cm³/mol. The van der Waals surface area contributed by atoms with Crippen LogP contribution in [0.3, 0.4) is 0 Å². The summed E-state index contributed by atoms with van der Waals surface area (Å²) >= 11 is 0. The Balaban J connectivity index is 1.93. The second kappa shape index (κ2) is 6.12. The fourth-order valence-electron chi connectivity index (χ4n) is 2.61. The second-order valence-corrected chi connectivity index (χ2v) is 4.62. The van der Waals surface area contributed by atoms with Crippen LogP contribution in [0.15, 0.2) is 6.33 Å². The van der Waals surface area contributed by atoms with Gasteiger partial charge in [0.2, 0.25) is 0 Å². The highest BCUT2D eigenvalue weighted by Gasteiger charge is 2.25. The summed E-state index contributed by atoms with van der Waals surface area (Å²) in [6.45, 7) is 5.31. The molecule has 0 aliphatic carbocycles. The van der Waals surface area contributed by atoms with Crippen LogP contribution >= 0.6 is 0 Å². The van der Waals surface area contributed by atoms with Crippen LogP contribution in [0.1, 0.15) is 38.4 Å². The number of aryl methyl sites for hydroxylation is 1. The number of aromatic nitrogens is 3. The minimum atomic E-state index is 0.301. The molecule has 1 aromatic rings. The summed E-state index contributed by atoms with van der Waals surface area (Å²) in [5, 5.41) is 13.1. The molecule has 1 saturated heterocycles. The van der Waals surface area contributed by atoms with E-state index in [1.165, 1.54) is 12.8 Å². The first kappa shape index (κ1) is 12.5. The van der Waals surface area contributed by atoms with Crippen molar-refractivity contribution in [3.05, 3.63) is 12.2 Å². The summed E-state index contributed by atoms with van der Waals surface area (Å²) in [7, 11) is 0. The van der Waals surface area contributed by atoms with Gasteiger partial charge in [-0.25, -0.2) is 9.67 Å². The summed E-state index contributed by atoms with van der Waals surface area (Å²) in [5.74, 6) is 1.06. The minimum absolute atomic E-state index is 0.301. The molecular weight excluding hydrogens is 216 g/mol. The third-order valence-electron chi connectivity index (χ3n) is 3.53. The average molecular weight is 238 g/mol. The number of likely N-dealkylation sites (tertiary alicyclic amines) is 1. The summed E-state index contributed by atoms with van der Waals surface area (Å²) < 4.78 is 1.96. The van der Waals surface area contributed by atoms with E-state index in [-0.39, 0.29) is 0 Å². The lowest BCUT2D eigenvalue weighted by Gasteiger charge is -2.23. The lowest BCUT2D eigenvalue weighted by Crippen LogP contribution is -2.30. The van der Waals surface area contributed by atoms with Gasteiger partial charge >= 0.3 is 0 Å². The predicted octanol–water partition coefficient (Wildman–Crippen LogP) is 1.03. The third kappa shape index (κ3) is 3.04. The summed E-state index contributed by atoms with van der Waals surface area (Å²) in [4.78, 5) is 6.80. The van der Waals surface area contributed by atoms with Crippen molar-refractivity contribution in [2.24, 2.45) is 0 Å². The highest BCUT2D eigenvalue weighted by atomic mass is 16.2. The number of aliphatic hydroxyl groups is 1. The lowest BCUT2D eigenvalue weighted by molar-refractivity contribution is 0.204. The normalized spacial score (nSPS) is 21.2. The zero-order valence-electron chi connectivity index (χ0n) is 10.5. The molecule has 0 amide bonds. The van der Waals surface area contributed by atoms with Gasteiger partial charge in [-0.2, -0.15) is 5.10 Å². The maximum absolute atomic E-state index is 8.91. The Hall–Kier alpha value is -0.940. The minimum Gasteiger partial charge on any atom is -0.396 e. The molecule has 1 aromatic heterocycles. The molecule has 1 aliphatic heterocycles. The van der Waals surface area contributed by atoms with Crippen LogP contribution in [0.5, 0.6) is 0 Å². The number of hydrogen-bond acceptors (Lipinski definition) is 4. The van der Waals surface area contributed by atoms with E-state index in [2.05, 4.69) is 21.9 Å². The highest BCUT2D eigenvalue weighted by molar-refractivity contribution is 4.89. The standard InChI is InChI=1S/C12H22N4O/c1-2-16-12(13-10-14-16)9-15-7-3-5-11(15)6-4-8-17/h10-11,17H,2-9H2,1H3. The molecule has 0 aromatic carbocycles. The van der Waals surface area contributed by atoms with E-state index in [9.17, 15) is 0 Å². The monoisotopic (exact) mass is 238 g/mol. The molecule has 0 radical (unpaired) electrons.